The number of benzene rings is 3. The molecule has 0 unspecified atom stereocenters. The highest BCUT2D eigenvalue weighted by Crippen LogP contribution is 2.35. The lowest BCUT2D eigenvalue weighted by Crippen LogP contribution is -2.12. The lowest BCUT2D eigenvalue weighted by Gasteiger charge is -2.09. The molecule has 0 atom stereocenters. The molecular weight excluding hydrogens is 506 g/mol. The Morgan fingerprint density at radius 3 is 2.50 bits per heavy atom. The van der Waals surface area contributed by atoms with Crippen molar-refractivity contribution in [2.24, 2.45) is 0 Å². The molecule has 194 valence electrons. The second-order valence-electron chi connectivity index (χ2n) is 8.85. The predicted molar refractivity (Wildman–Crippen MR) is 152 cm³/mol. The molecule has 0 saturated heterocycles. The summed E-state index contributed by atoms with van der Waals surface area (Å²) in [6.07, 6.45) is 3.56. The van der Waals surface area contributed by atoms with Gasteiger partial charge >= 0.3 is 0 Å². The number of carbonyl (C=O) groups excluding carboxylic acids is 1. The molecule has 0 radical (unpaired) electrons. The third kappa shape index (κ3) is 4.96. The lowest BCUT2D eigenvalue weighted by atomic mass is 10.0. The first-order valence-corrected chi connectivity index (χ1v) is 12.3. The number of nitrogens with one attached hydrogen (secondary N) is 2. The van der Waals surface area contributed by atoms with Crippen molar-refractivity contribution < 1.29 is 9.72 Å². The van der Waals surface area contributed by atoms with Gasteiger partial charge < -0.3 is 10.6 Å². The fourth-order valence-corrected chi connectivity index (χ4v) is 4.37. The van der Waals surface area contributed by atoms with Crippen molar-refractivity contribution in [3.05, 3.63) is 131 Å². The van der Waals surface area contributed by atoms with Gasteiger partial charge in [0.05, 0.1) is 21.7 Å². The normalized spacial score (nSPS) is 10.8. The Morgan fingerprint density at radius 2 is 1.65 bits per heavy atom. The summed E-state index contributed by atoms with van der Waals surface area (Å²) < 4.78 is 1.78. The van der Waals surface area contributed by atoms with Crippen LogP contribution in [0, 0.1) is 10.1 Å². The quantitative estimate of drug-likeness (QED) is 0.183. The molecule has 0 saturated carbocycles. The van der Waals surface area contributed by atoms with Crippen molar-refractivity contribution in [1.29, 1.82) is 0 Å². The number of nitro groups is 1. The predicted octanol–water partition coefficient (Wildman–Crippen LogP) is 6.36. The minimum absolute atomic E-state index is 0.151. The van der Waals surface area contributed by atoms with E-state index in [4.69, 9.17) is 10.1 Å². The first kappa shape index (κ1) is 24.4. The summed E-state index contributed by atoms with van der Waals surface area (Å²) in [5, 5.41) is 22.0. The van der Waals surface area contributed by atoms with Gasteiger partial charge in [0, 0.05) is 47.0 Å². The maximum atomic E-state index is 12.9. The molecule has 3 aromatic heterocycles. The Hall–Kier alpha value is -5.90. The standard InChI is InChI=1S/C30H21N7O3/c38-29(21-9-7-13-24(19-21)37(39)40)32-23-12-6-8-20(18-23)28-27(26-14-4-5-17-36(26)35-28)25-15-16-31-30(34-25)33-22-10-2-1-3-11-22/h1-19H,(H,32,38)(H,31,33,34). The van der Waals surface area contributed by atoms with Gasteiger partial charge in [-0.15, -0.1) is 0 Å². The average Bonchev–Trinajstić information content (AvgIpc) is 3.38. The number of aromatic nitrogens is 4. The number of pyridine rings is 1. The fraction of sp³-hybridized carbons (Fsp3) is 0. The number of non-ortho nitro benzene ring substituents is 1. The first-order chi connectivity index (χ1) is 19.5. The Labute approximate surface area is 228 Å². The molecule has 0 aliphatic heterocycles. The summed E-state index contributed by atoms with van der Waals surface area (Å²) in [6, 6.07) is 30.2. The van der Waals surface area contributed by atoms with E-state index < -0.39 is 10.8 Å². The second-order valence-corrected chi connectivity index (χ2v) is 8.85. The highest BCUT2D eigenvalue weighted by Gasteiger charge is 2.19. The third-order valence-corrected chi connectivity index (χ3v) is 6.19. The monoisotopic (exact) mass is 527 g/mol. The van der Waals surface area contributed by atoms with Crippen LogP contribution >= 0.6 is 0 Å². The fourth-order valence-electron chi connectivity index (χ4n) is 4.37. The molecule has 3 aromatic carbocycles. The van der Waals surface area contributed by atoms with Crippen LogP contribution in [0.25, 0.3) is 28.0 Å². The van der Waals surface area contributed by atoms with Crippen molar-refractivity contribution >= 4 is 34.4 Å². The number of hydrogen-bond acceptors (Lipinski definition) is 7. The van der Waals surface area contributed by atoms with Crippen LogP contribution in [-0.2, 0) is 0 Å². The van der Waals surface area contributed by atoms with E-state index in [-0.39, 0.29) is 11.3 Å². The molecule has 0 aliphatic rings. The Morgan fingerprint density at radius 1 is 0.850 bits per heavy atom. The van der Waals surface area contributed by atoms with Crippen molar-refractivity contribution in [3.8, 4) is 22.5 Å². The van der Waals surface area contributed by atoms with Crippen LogP contribution in [0.3, 0.4) is 0 Å². The molecule has 40 heavy (non-hydrogen) atoms. The van der Waals surface area contributed by atoms with E-state index in [2.05, 4.69) is 15.6 Å². The van der Waals surface area contributed by atoms with Gasteiger partial charge in [0.25, 0.3) is 11.6 Å². The molecule has 6 rings (SSSR count). The molecule has 3 heterocycles. The molecule has 0 fully saturated rings. The second kappa shape index (κ2) is 10.5. The summed E-state index contributed by atoms with van der Waals surface area (Å²) in [4.78, 5) is 32.6. The lowest BCUT2D eigenvalue weighted by molar-refractivity contribution is -0.384. The topological polar surface area (TPSA) is 127 Å². The largest absolute Gasteiger partial charge is 0.324 e. The van der Waals surface area contributed by atoms with E-state index in [1.165, 1.54) is 24.3 Å². The molecule has 10 heteroatoms. The van der Waals surface area contributed by atoms with Gasteiger partial charge in [-0.1, -0.05) is 42.5 Å². The number of nitro benzene ring substituents is 1. The van der Waals surface area contributed by atoms with Crippen LogP contribution in [-0.4, -0.2) is 30.4 Å². The van der Waals surface area contributed by atoms with E-state index in [1.54, 1.807) is 16.8 Å². The van der Waals surface area contributed by atoms with Crippen molar-refractivity contribution in [1.82, 2.24) is 19.6 Å². The van der Waals surface area contributed by atoms with E-state index in [1.807, 2.05) is 79.0 Å². The number of anilines is 3. The molecule has 2 N–H and O–H groups in total. The number of nitrogens with zero attached hydrogens (tertiary/aromatic N) is 5. The van der Waals surface area contributed by atoms with Crippen LogP contribution in [0.1, 0.15) is 10.4 Å². The summed E-state index contributed by atoms with van der Waals surface area (Å²) in [7, 11) is 0. The number of hydrogen-bond donors (Lipinski definition) is 2. The van der Waals surface area contributed by atoms with Crippen LogP contribution in [0.2, 0.25) is 0 Å². The molecule has 0 bridgehead atoms. The van der Waals surface area contributed by atoms with Gasteiger partial charge in [-0.2, -0.15) is 5.10 Å². The van der Waals surface area contributed by atoms with Gasteiger partial charge in [-0.25, -0.2) is 14.5 Å². The molecule has 1 amide bonds. The van der Waals surface area contributed by atoms with E-state index in [0.29, 0.717) is 23.0 Å². The van der Waals surface area contributed by atoms with E-state index in [0.717, 1.165) is 22.3 Å². The maximum Gasteiger partial charge on any atom is 0.270 e. The van der Waals surface area contributed by atoms with Gasteiger partial charge in [0.1, 0.15) is 5.69 Å². The van der Waals surface area contributed by atoms with E-state index in [9.17, 15) is 14.9 Å². The number of fused-ring (bicyclic) bond motifs is 1. The zero-order chi connectivity index (χ0) is 27.5. The first-order valence-electron chi connectivity index (χ1n) is 12.3. The van der Waals surface area contributed by atoms with Crippen LogP contribution < -0.4 is 10.6 Å². The van der Waals surface area contributed by atoms with Gasteiger partial charge in [-0.05, 0) is 48.5 Å². The van der Waals surface area contributed by atoms with Crippen LogP contribution in [0.4, 0.5) is 23.0 Å². The Kier molecular flexibility index (Phi) is 6.39. The van der Waals surface area contributed by atoms with Crippen LogP contribution in [0.5, 0.6) is 0 Å². The summed E-state index contributed by atoms with van der Waals surface area (Å²) in [5.74, 6) is -0.00796. The number of carbonyl (C=O) groups is 1. The van der Waals surface area contributed by atoms with Gasteiger partial charge in [-0.3, -0.25) is 14.9 Å². The van der Waals surface area contributed by atoms with Gasteiger partial charge in [0.2, 0.25) is 5.95 Å². The number of amides is 1. The minimum Gasteiger partial charge on any atom is -0.324 e. The van der Waals surface area contributed by atoms with Gasteiger partial charge in [0.15, 0.2) is 0 Å². The summed E-state index contributed by atoms with van der Waals surface area (Å²) >= 11 is 0. The third-order valence-electron chi connectivity index (χ3n) is 6.19. The van der Waals surface area contributed by atoms with Crippen LogP contribution in [0.15, 0.2) is 116 Å². The SMILES string of the molecule is O=C(Nc1cccc(-c2nn3ccccc3c2-c2ccnc(Nc3ccccc3)n2)c1)c1cccc([N+](=O)[O-])c1. The number of para-hydroxylation sites is 1. The summed E-state index contributed by atoms with van der Waals surface area (Å²) in [5.41, 5.74) is 5.19. The summed E-state index contributed by atoms with van der Waals surface area (Å²) in [6.45, 7) is 0. The van der Waals surface area contributed by atoms with Crippen molar-refractivity contribution in [2.45, 2.75) is 0 Å². The minimum atomic E-state index is -0.531. The average molecular weight is 528 g/mol. The molecule has 10 nitrogen and oxygen atoms in total. The smallest absolute Gasteiger partial charge is 0.270 e. The van der Waals surface area contributed by atoms with Crippen molar-refractivity contribution in [2.75, 3.05) is 10.6 Å². The highest BCUT2D eigenvalue weighted by molar-refractivity contribution is 6.05. The molecular formula is C30H21N7O3. The Balaban J connectivity index is 1.37. The maximum absolute atomic E-state index is 12.9. The van der Waals surface area contributed by atoms with Crippen molar-refractivity contribution in [3.63, 3.8) is 0 Å². The molecule has 6 aromatic rings. The Bertz CT molecular complexity index is 1870. The zero-order valence-electron chi connectivity index (χ0n) is 20.9. The van der Waals surface area contributed by atoms with E-state index >= 15 is 0 Å². The highest BCUT2D eigenvalue weighted by atomic mass is 16.6. The number of rotatable bonds is 7. The molecule has 0 aliphatic carbocycles. The molecule has 0 spiro atoms. The zero-order valence-corrected chi connectivity index (χ0v) is 20.9.